The Morgan fingerprint density at radius 2 is 1.85 bits per heavy atom. The molecular formula is C16H25ClN2S. The van der Waals surface area contributed by atoms with Crippen LogP contribution in [0, 0.1) is 5.41 Å². The van der Waals surface area contributed by atoms with Crippen LogP contribution in [0.1, 0.15) is 55.9 Å². The largest absolute Gasteiger partial charge is 0.329 e. The van der Waals surface area contributed by atoms with Gasteiger partial charge in [-0.15, -0.1) is 11.3 Å². The zero-order valence-electron chi connectivity index (χ0n) is 12.1. The fourth-order valence-electron chi connectivity index (χ4n) is 4.06. The van der Waals surface area contributed by atoms with E-state index in [1.807, 2.05) is 6.07 Å². The highest BCUT2D eigenvalue weighted by molar-refractivity contribution is 7.16. The van der Waals surface area contributed by atoms with E-state index in [4.69, 9.17) is 17.3 Å². The summed E-state index contributed by atoms with van der Waals surface area (Å²) in [4.78, 5) is 3.92. The third-order valence-electron chi connectivity index (χ3n) is 5.36. The molecule has 2 heterocycles. The van der Waals surface area contributed by atoms with Gasteiger partial charge in [0, 0.05) is 11.4 Å². The minimum Gasteiger partial charge on any atom is -0.329 e. The van der Waals surface area contributed by atoms with Crippen molar-refractivity contribution in [3.05, 3.63) is 21.3 Å². The Labute approximate surface area is 131 Å². The van der Waals surface area contributed by atoms with E-state index in [2.05, 4.69) is 11.0 Å². The first-order valence-corrected chi connectivity index (χ1v) is 9.11. The Kier molecular flexibility index (Phi) is 4.71. The van der Waals surface area contributed by atoms with Crippen LogP contribution >= 0.6 is 22.9 Å². The van der Waals surface area contributed by atoms with Crippen LogP contribution in [0.5, 0.6) is 0 Å². The highest BCUT2D eigenvalue weighted by Gasteiger charge is 2.37. The minimum atomic E-state index is 0.369. The summed E-state index contributed by atoms with van der Waals surface area (Å²) in [7, 11) is 0. The van der Waals surface area contributed by atoms with Crippen LogP contribution in [0.25, 0.3) is 0 Å². The molecule has 1 spiro atoms. The summed E-state index contributed by atoms with van der Waals surface area (Å²) in [6.07, 6.45) is 9.98. The number of nitrogens with zero attached hydrogens (tertiary/aromatic N) is 1. The first-order chi connectivity index (χ1) is 9.72. The highest BCUT2D eigenvalue weighted by atomic mass is 35.5. The normalized spacial score (nSPS) is 24.9. The van der Waals surface area contributed by atoms with E-state index in [9.17, 15) is 0 Å². The molecule has 1 aromatic rings. The molecule has 112 valence electrons. The molecule has 0 amide bonds. The summed E-state index contributed by atoms with van der Waals surface area (Å²) in [6, 6.07) is 4.51. The van der Waals surface area contributed by atoms with Crippen LogP contribution in [0.15, 0.2) is 12.1 Å². The first kappa shape index (κ1) is 14.8. The second-order valence-electron chi connectivity index (χ2n) is 6.49. The minimum absolute atomic E-state index is 0.369. The van der Waals surface area contributed by atoms with Gasteiger partial charge in [-0.25, -0.2) is 0 Å². The van der Waals surface area contributed by atoms with Crippen molar-refractivity contribution in [1.29, 1.82) is 0 Å². The van der Waals surface area contributed by atoms with Crippen LogP contribution in [-0.4, -0.2) is 24.5 Å². The molecule has 20 heavy (non-hydrogen) atoms. The number of hydrogen-bond donors (Lipinski definition) is 1. The number of nitrogens with two attached hydrogens (primary N) is 1. The topological polar surface area (TPSA) is 29.3 Å². The van der Waals surface area contributed by atoms with Crippen LogP contribution in [0.4, 0.5) is 0 Å². The summed E-state index contributed by atoms with van der Waals surface area (Å²) < 4.78 is 0.874. The van der Waals surface area contributed by atoms with Crippen molar-refractivity contribution in [1.82, 2.24) is 4.90 Å². The van der Waals surface area contributed by atoms with E-state index in [0.717, 1.165) is 4.34 Å². The third kappa shape index (κ3) is 3.06. The van der Waals surface area contributed by atoms with Gasteiger partial charge in [0.05, 0.1) is 10.4 Å². The number of rotatable bonds is 3. The third-order valence-corrected chi connectivity index (χ3v) is 6.69. The fraction of sp³-hybridized carbons (Fsp3) is 0.750. The Morgan fingerprint density at radius 1 is 1.15 bits per heavy atom. The van der Waals surface area contributed by atoms with Crippen molar-refractivity contribution in [2.75, 3.05) is 19.6 Å². The predicted molar refractivity (Wildman–Crippen MR) is 87.4 cm³/mol. The quantitative estimate of drug-likeness (QED) is 0.893. The maximum absolute atomic E-state index is 6.08. The second kappa shape index (κ2) is 6.35. The average molecular weight is 313 g/mol. The Hall–Kier alpha value is -0.0900. The van der Waals surface area contributed by atoms with Gasteiger partial charge in [0.25, 0.3) is 0 Å². The van der Waals surface area contributed by atoms with Crippen molar-refractivity contribution < 1.29 is 0 Å². The molecule has 2 fully saturated rings. The summed E-state index contributed by atoms with van der Waals surface area (Å²) in [6.45, 7) is 3.11. The van der Waals surface area contributed by atoms with Crippen molar-refractivity contribution in [2.45, 2.75) is 51.0 Å². The van der Waals surface area contributed by atoms with E-state index >= 15 is 0 Å². The van der Waals surface area contributed by atoms with Gasteiger partial charge >= 0.3 is 0 Å². The maximum Gasteiger partial charge on any atom is 0.0931 e. The SMILES string of the molecule is NCC(c1ccc(Cl)s1)N1CCC2(CCCCC2)CC1. The number of halogens is 1. The molecule has 1 saturated carbocycles. The van der Waals surface area contributed by atoms with Crippen molar-refractivity contribution in [3.63, 3.8) is 0 Å². The smallest absolute Gasteiger partial charge is 0.0931 e. The molecule has 1 atom stereocenters. The first-order valence-electron chi connectivity index (χ1n) is 7.92. The van der Waals surface area contributed by atoms with E-state index in [1.54, 1.807) is 11.3 Å². The molecule has 1 aromatic heterocycles. The predicted octanol–water partition coefficient (Wildman–Crippen LogP) is 4.45. The Balaban J connectivity index is 1.64. The van der Waals surface area contributed by atoms with E-state index < -0.39 is 0 Å². The standard InChI is InChI=1S/C16H25ClN2S/c17-15-5-4-14(20-15)13(12-18)19-10-8-16(9-11-19)6-2-1-3-7-16/h4-5,13H,1-3,6-12,18H2. The molecule has 4 heteroatoms. The highest BCUT2D eigenvalue weighted by Crippen LogP contribution is 2.45. The zero-order valence-corrected chi connectivity index (χ0v) is 13.7. The summed E-state index contributed by atoms with van der Waals surface area (Å²) >= 11 is 7.76. The number of likely N-dealkylation sites (tertiary alicyclic amines) is 1. The van der Waals surface area contributed by atoms with E-state index in [0.29, 0.717) is 18.0 Å². The van der Waals surface area contributed by atoms with Crippen LogP contribution in [-0.2, 0) is 0 Å². The van der Waals surface area contributed by atoms with Crippen molar-refractivity contribution >= 4 is 22.9 Å². The van der Waals surface area contributed by atoms with Gasteiger partial charge in [0.15, 0.2) is 0 Å². The molecule has 0 radical (unpaired) electrons. The molecule has 0 aromatic carbocycles. The van der Waals surface area contributed by atoms with E-state index in [1.165, 1.54) is 62.9 Å². The molecule has 1 aliphatic heterocycles. The van der Waals surface area contributed by atoms with Crippen LogP contribution < -0.4 is 5.73 Å². The van der Waals surface area contributed by atoms with Crippen molar-refractivity contribution in [3.8, 4) is 0 Å². The lowest BCUT2D eigenvalue weighted by Gasteiger charge is -2.46. The lowest BCUT2D eigenvalue weighted by molar-refractivity contribution is 0.0472. The molecule has 2 aliphatic rings. The van der Waals surface area contributed by atoms with Crippen LogP contribution in [0.2, 0.25) is 4.34 Å². The van der Waals surface area contributed by atoms with Gasteiger partial charge in [-0.3, -0.25) is 4.90 Å². The molecule has 2 N–H and O–H groups in total. The number of thiophene rings is 1. The molecule has 0 bridgehead atoms. The van der Waals surface area contributed by atoms with Gasteiger partial charge in [0.2, 0.25) is 0 Å². The fourth-order valence-corrected chi connectivity index (χ4v) is 5.27. The zero-order chi connectivity index (χ0) is 14.0. The lowest BCUT2D eigenvalue weighted by Crippen LogP contribution is -2.44. The molecular weight excluding hydrogens is 288 g/mol. The van der Waals surface area contributed by atoms with Gasteiger partial charge in [-0.1, -0.05) is 30.9 Å². The lowest BCUT2D eigenvalue weighted by atomic mass is 9.68. The molecule has 1 saturated heterocycles. The second-order valence-corrected chi connectivity index (χ2v) is 8.24. The average Bonchev–Trinajstić information content (AvgIpc) is 2.89. The van der Waals surface area contributed by atoms with Gasteiger partial charge in [0.1, 0.15) is 0 Å². The molecule has 1 aliphatic carbocycles. The maximum atomic E-state index is 6.08. The molecule has 3 rings (SSSR count). The summed E-state index contributed by atoms with van der Waals surface area (Å²) in [5, 5.41) is 0. The molecule has 2 nitrogen and oxygen atoms in total. The van der Waals surface area contributed by atoms with Crippen molar-refractivity contribution in [2.24, 2.45) is 11.1 Å². The van der Waals surface area contributed by atoms with Gasteiger partial charge < -0.3 is 5.73 Å². The van der Waals surface area contributed by atoms with Crippen LogP contribution in [0.3, 0.4) is 0 Å². The van der Waals surface area contributed by atoms with Gasteiger partial charge in [-0.2, -0.15) is 0 Å². The number of piperidine rings is 1. The summed E-state index contributed by atoms with van der Waals surface area (Å²) in [5.74, 6) is 0. The monoisotopic (exact) mass is 312 g/mol. The Bertz CT molecular complexity index is 429. The Morgan fingerprint density at radius 3 is 2.40 bits per heavy atom. The summed E-state index contributed by atoms with van der Waals surface area (Å²) in [5.41, 5.74) is 6.70. The number of hydrogen-bond acceptors (Lipinski definition) is 3. The van der Waals surface area contributed by atoms with E-state index in [-0.39, 0.29) is 0 Å². The molecule has 1 unspecified atom stereocenters. The van der Waals surface area contributed by atoms with Gasteiger partial charge in [-0.05, 0) is 56.3 Å².